The molecule has 0 spiro atoms. The lowest BCUT2D eigenvalue weighted by Crippen LogP contribution is -2.50. The van der Waals surface area contributed by atoms with Gasteiger partial charge in [0.2, 0.25) is 5.90 Å². The van der Waals surface area contributed by atoms with Gasteiger partial charge in [-0.25, -0.2) is 13.4 Å². The zero-order chi connectivity index (χ0) is 37.8. The number of hydrogen-bond acceptors (Lipinski definition) is 8. The number of ether oxygens (including phenoxy) is 2. The maximum absolute atomic E-state index is 15.1. The Morgan fingerprint density at radius 3 is 2.13 bits per heavy atom. The van der Waals surface area contributed by atoms with E-state index in [0.29, 0.717) is 35.5 Å². The molecule has 0 saturated heterocycles. The highest BCUT2D eigenvalue weighted by molar-refractivity contribution is 7.91. The average molecular weight is 744 g/mol. The van der Waals surface area contributed by atoms with Gasteiger partial charge in [-0.15, -0.1) is 0 Å². The molecule has 0 saturated carbocycles. The summed E-state index contributed by atoms with van der Waals surface area (Å²) >= 11 is 0. The van der Waals surface area contributed by atoms with Gasteiger partial charge in [-0.3, -0.25) is 4.79 Å². The molecule has 54 heavy (non-hydrogen) atoms. The number of rotatable bonds is 17. The Morgan fingerprint density at radius 2 is 1.50 bits per heavy atom. The van der Waals surface area contributed by atoms with Gasteiger partial charge >= 0.3 is 0 Å². The maximum Gasteiger partial charge on any atom is 0.252 e. The Hall–Kier alpha value is -5.94. The molecule has 0 bridgehead atoms. The zero-order valence-electron chi connectivity index (χ0n) is 29.6. The molecular weight excluding hydrogens is 703 g/mol. The summed E-state index contributed by atoms with van der Waals surface area (Å²) in [5, 5.41) is 16.1. The summed E-state index contributed by atoms with van der Waals surface area (Å²) < 4.78 is 40.0. The van der Waals surface area contributed by atoms with Gasteiger partial charge in [-0.1, -0.05) is 108 Å². The predicted octanol–water partition coefficient (Wildman–Crippen LogP) is 7.33. The highest BCUT2D eigenvalue weighted by Gasteiger charge is 2.54. The molecule has 12 heteroatoms. The third-order valence-corrected chi connectivity index (χ3v) is 11.1. The lowest BCUT2D eigenvalue weighted by Gasteiger charge is -2.32. The summed E-state index contributed by atoms with van der Waals surface area (Å²) in [5.74, 6) is -0.410. The van der Waals surface area contributed by atoms with Crippen LogP contribution in [0.25, 0.3) is 10.4 Å². The van der Waals surface area contributed by atoms with Crippen molar-refractivity contribution in [3.63, 3.8) is 0 Å². The predicted molar refractivity (Wildman–Crippen MR) is 207 cm³/mol. The van der Waals surface area contributed by atoms with Crippen LogP contribution < -0.4 is 10.1 Å². The number of aliphatic hydroxyl groups excluding tert-OH is 1. The van der Waals surface area contributed by atoms with E-state index in [9.17, 15) is 13.9 Å². The van der Waals surface area contributed by atoms with Crippen LogP contribution in [0.5, 0.6) is 5.75 Å². The topological polar surface area (TPSA) is 163 Å². The Balaban J connectivity index is 1.45. The number of nitrogens with one attached hydrogen (secondary N) is 1. The first-order valence-electron chi connectivity index (χ1n) is 17.7. The van der Waals surface area contributed by atoms with Gasteiger partial charge < -0.3 is 19.9 Å². The monoisotopic (exact) mass is 743 g/mol. The standard InChI is InChI=1S/C42H41N5O6S/c43-47-45-29-34-17-10-11-20-37(34)39-42(25-28-54(50,51)36-18-8-3-9-19-36,46-40(53-39)33-21-23-35(24-22-33)52-27-12-26-48)41(49)44-30-38(31-13-4-1-5-14-31)32-15-6-2-7-16-32/h1-11,13-24,38-39,48H,12,25-30H2,(H,44,49)/t39-,42-/m1/s1. The second kappa shape index (κ2) is 17.7. The van der Waals surface area contributed by atoms with Crippen molar-refractivity contribution in [2.75, 3.05) is 25.5 Å². The van der Waals surface area contributed by atoms with Gasteiger partial charge in [0, 0.05) is 42.4 Å². The minimum atomic E-state index is -3.87. The smallest absolute Gasteiger partial charge is 0.252 e. The normalized spacial score (nSPS) is 16.6. The molecule has 5 aromatic rings. The summed E-state index contributed by atoms with van der Waals surface area (Å²) in [6.07, 6.45) is -0.826. The van der Waals surface area contributed by atoms with Crippen molar-refractivity contribution in [2.24, 2.45) is 10.1 Å². The summed E-state index contributed by atoms with van der Waals surface area (Å²) in [5.41, 5.74) is 11.1. The number of nitrogens with zero attached hydrogens (tertiary/aromatic N) is 4. The van der Waals surface area contributed by atoms with Crippen LogP contribution in [-0.4, -0.2) is 56.4 Å². The molecule has 276 valence electrons. The van der Waals surface area contributed by atoms with Crippen LogP contribution in [-0.2, 0) is 25.9 Å². The van der Waals surface area contributed by atoms with Crippen LogP contribution in [0.3, 0.4) is 0 Å². The van der Waals surface area contributed by atoms with Crippen molar-refractivity contribution < 1.29 is 27.8 Å². The molecule has 2 atom stereocenters. The molecular formula is C42H41N5O6S. The van der Waals surface area contributed by atoms with Crippen LogP contribution in [0, 0.1) is 0 Å². The molecule has 11 nitrogen and oxygen atoms in total. The van der Waals surface area contributed by atoms with E-state index in [2.05, 4.69) is 15.3 Å². The van der Waals surface area contributed by atoms with Gasteiger partial charge in [0.1, 0.15) is 5.75 Å². The van der Waals surface area contributed by atoms with Gasteiger partial charge in [0.25, 0.3) is 5.91 Å². The van der Waals surface area contributed by atoms with Crippen molar-refractivity contribution >= 4 is 21.6 Å². The van der Waals surface area contributed by atoms with Crippen molar-refractivity contribution in [1.82, 2.24) is 5.32 Å². The third-order valence-electron chi connectivity index (χ3n) is 9.40. The molecule has 1 aliphatic heterocycles. The van der Waals surface area contributed by atoms with E-state index in [1.165, 1.54) is 12.1 Å². The molecule has 0 radical (unpaired) electrons. The SMILES string of the molecule is [N-]=[N+]=NCc1ccccc1[C@H]1OC(c2ccc(OCCCO)cc2)=N[C@@]1(CCS(=O)(=O)c1ccccc1)C(=O)NCC(c1ccccc1)c1ccccc1. The van der Waals surface area contributed by atoms with Crippen molar-refractivity contribution in [3.05, 3.63) is 178 Å². The number of benzene rings is 5. The molecule has 1 aliphatic rings. The lowest BCUT2D eigenvalue weighted by atomic mass is 9.83. The highest BCUT2D eigenvalue weighted by Crippen LogP contribution is 2.44. The summed E-state index contributed by atoms with van der Waals surface area (Å²) in [6, 6.07) is 42.0. The van der Waals surface area contributed by atoms with Crippen molar-refractivity contribution in [2.45, 2.75) is 41.8 Å². The Morgan fingerprint density at radius 1 is 0.889 bits per heavy atom. The van der Waals surface area contributed by atoms with E-state index in [1.54, 1.807) is 66.7 Å². The average Bonchev–Trinajstić information content (AvgIpc) is 3.62. The zero-order valence-corrected chi connectivity index (χ0v) is 30.4. The maximum atomic E-state index is 15.1. The molecule has 1 heterocycles. The van der Waals surface area contributed by atoms with E-state index in [4.69, 9.17) is 19.6 Å². The minimum Gasteiger partial charge on any atom is -0.494 e. The molecule has 0 aromatic heterocycles. The number of aliphatic hydroxyl groups is 1. The molecule has 1 amide bonds. The second-order valence-corrected chi connectivity index (χ2v) is 15.0. The quantitative estimate of drug-likeness (QED) is 0.0439. The summed E-state index contributed by atoms with van der Waals surface area (Å²) in [6.45, 7) is 0.514. The number of sulfone groups is 1. The fourth-order valence-corrected chi connectivity index (χ4v) is 7.96. The van der Waals surface area contributed by atoms with Crippen LogP contribution in [0.15, 0.2) is 155 Å². The number of amides is 1. The first kappa shape index (κ1) is 37.8. The largest absolute Gasteiger partial charge is 0.494 e. The number of carbonyl (C=O) groups is 1. The molecule has 0 aliphatic carbocycles. The van der Waals surface area contributed by atoms with E-state index in [1.807, 2.05) is 60.7 Å². The Labute approximate surface area is 314 Å². The van der Waals surface area contributed by atoms with Crippen LogP contribution in [0.1, 0.15) is 52.7 Å². The fraction of sp³-hybridized carbons (Fsp3) is 0.238. The van der Waals surface area contributed by atoms with Gasteiger partial charge in [0.05, 0.1) is 23.8 Å². The van der Waals surface area contributed by atoms with Crippen molar-refractivity contribution in [3.8, 4) is 5.75 Å². The lowest BCUT2D eigenvalue weighted by molar-refractivity contribution is -0.129. The third kappa shape index (κ3) is 8.80. The van der Waals surface area contributed by atoms with Gasteiger partial charge in [0.15, 0.2) is 21.5 Å². The van der Waals surface area contributed by atoms with Gasteiger partial charge in [-0.2, -0.15) is 0 Å². The van der Waals surface area contributed by atoms with E-state index < -0.39 is 33.1 Å². The first-order chi connectivity index (χ1) is 26.3. The number of aliphatic imine (C=N–C) groups is 1. The molecule has 5 aromatic carbocycles. The Bertz CT molecular complexity index is 2160. The summed E-state index contributed by atoms with van der Waals surface area (Å²) in [7, 11) is -3.87. The summed E-state index contributed by atoms with van der Waals surface area (Å²) in [4.78, 5) is 23.2. The van der Waals surface area contributed by atoms with E-state index >= 15 is 4.79 Å². The molecule has 0 unspecified atom stereocenters. The van der Waals surface area contributed by atoms with Crippen molar-refractivity contribution in [1.29, 1.82) is 0 Å². The van der Waals surface area contributed by atoms with Crippen LogP contribution in [0.4, 0.5) is 0 Å². The fourth-order valence-electron chi connectivity index (χ4n) is 6.57. The Kier molecular flexibility index (Phi) is 12.4. The molecule has 0 fully saturated rings. The van der Waals surface area contributed by atoms with E-state index in [-0.39, 0.29) is 42.8 Å². The minimum absolute atomic E-state index is 0.00680. The van der Waals surface area contributed by atoms with Crippen LogP contribution in [0.2, 0.25) is 0 Å². The highest BCUT2D eigenvalue weighted by atomic mass is 32.2. The number of carbonyl (C=O) groups excluding carboxylic acids is 1. The first-order valence-corrected chi connectivity index (χ1v) is 19.3. The second-order valence-electron chi connectivity index (χ2n) is 12.8. The number of azide groups is 1. The molecule has 2 N–H and O–H groups in total. The molecule has 6 rings (SSSR count). The number of hydrogen-bond donors (Lipinski definition) is 2. The van der Waals surface area contributed by atoms with Crippen LogP contribution >= 0.6 is 0 Å². The van der Waals surface area contributed by atoms with Gasteiger partial charge in [-0.05, 0) is 64.2 Å². The van der Waals surface area contributed by atoms with E-state index in [0.717, 1.165) is 11.1 Å².